The molecule has 19 heavy (non-hydrogen) atoms. The molecule has 0 bridgehead atoms. The molecule has 0 radical (unpaired) electrons. The van der Waals surface area contributed by atoms with Crippen molar-refractivity contribution in [3.63, 3.8) is 0 Å². The minimum absolute atomic E-state index is 0.0933. The molecule has 1 saturated heterocycles. The van der Waals surface area contributed by atoms with E-state index < -0.39 is 0 Å². The van der Waals surface area contributed by atoms with Gasteiger partial charge in [0.15, 0.2) is 0 Å². The van der Waals surface area contributed by atoms with Gasteiger partial charge in [-0.1, -0.05) is 24.8 Å². The number of piperazine rings is 1. The number of carbonyl (C=O) groups is 1. The lowest BCUT2D eigenvalue weighted by Gasteiger charge is -2.29. The Morgan fingerprint density at radius 3 is 2.47 bits per heavy atom. The van der Waals surface area contributed by atoms with Crippen LogP contribution < -0.4 is 5.32 Å². The molecule has 4 heteroatoms. The van der Waals surface area contributed by atoms with Crippen LogP contribution in [0.2, 0.25) is 0 Å². The Hall–Kier alpha value is -1.65. The summed E-state index contributed by atoms with van der Waals surface area (Å²) in [4.78, 5) is 16.5. The van der Waals surface area contributed by atoms with Crippen molar-refractivity contribution in [3.8, 4) is 0 Å². The molecule has 2 aliphatic rings. The molecule has 1 aromatic rings. The van der Waals surface area contributed by atoms with Gasteiger partial charge in [-0.2, -0.15) is 0 Å². The van der Waals surface area contributed by atoms with Gasteiger partial charge in [0.1, 0.15) is 0 Å². The Labute approximate surface area is 113 Å². The smallest absolute Gasteiger partial charge is 0.258 e. The van der Waals surface area contributed by atoms with Gasteiger partial charge >= 0.3 is 0 Å². The maximum atomic E-state index is 12.3. The second kappa shape index (κ2) is 5.15. The standard InChI is InChI=1S/C15H19N3O/c1-12-13-4-2-3-5-14(13)15(19)18(12)11-10-17-8-6-16-7-9-17/h2-5,16H,1,6-11H2. The van der Waals surface area contributed by atoms with Gasteiger partial charge in [0, 0.05) is 56.1 Å². The molecule has 0 aliphatic carbocycles. The van der Waals surface area contributed by atoms with Gasteiger partial charge in [-0.05, 0) is 6.07 Å². The number of rotatable bonds is 3. The summed E-state index contributed by atoms with van der Waals surface area (Å²) in [5.41, 5.74) is 2.61. The number of hydrogen-bond donors (Lipinski definition) is 1. The van der Waals surface area contributed by atoms with Gasteiger partial charge in [0.2, 0.25) is 0 Å². The molecule has 4 nitrogen and oxygen atoms in total. The molecule has 1 amide bonds. The van der Waals surface area contributed by atoms with E-state index in [1.54, 1.807) is 0 Å². The van der Waals surface area contributed by atoms with Crippen molar-refractivity contribution in [1.82, 2.24) is 15.1 Å². The average molecular weight is 257 g/mol. The van der Waals surface area contributed by atoms with Crippen molar-refractivity contribution < 1.29 is 4.79 Å². The fourth-order valence-electron chi connectivity index (χ4n) is 2.75. The Morgan fingerprint density at radius 1 is 1.11 bits per heavy atom. The molecule has 0 aromatic heterocycles. The Balaban J connectivity index is 1.67. The van der Waals surface area contributed by atoms with E-state index in [0.717, 1.165) is 56.1 Å². The van der Waals surface area contributed by atoms with Gasteiger partial charge in [-0.15, -0.1) is 0 Å². The van der Waals surface area contributed by atoms with Crippen LogP contribution in [0, 0.1) is 0 Å². The third kappa shape index (κ3) is 2.29. The highest BCUT2D eigenvalue weighted by atomic mass is 16.2. The lowest BCUT2D eigenvalue weighted by atomic mass is 10.1. The predicted octanol–water partition coefficient (Wildman–Crippen LogP) is 1.02. The van der Waals surface area contributed by atoms with E-state index in [2.05, 4.69) is 16.8 Å². The molecular formula is C15H19N3O. The van der Waals surface area contributed by atoms with Crippen LogP contribution in [-0.2, 0) is 0 Å². The molecule has 1 N–H and O–H groups in total. The number of carbonyl (C=O) groups excluding carboxylic acids is 1. The van der Waals surface area contributed by atoms with Gasteiger partial charge in [0.25, 0.3) is 5.91 Å². The van der Waals surface area contributed by atoms with Crippen LogP contribution in [0.3, 0.4) is 0 Å². The van der Waals surface area contributed by atoms with Crippen LogP contribution in [0.5, 0.6) is 0 Å². The molecule has 1 aromatic carbocycles. The maximum absolute atomic E-state index is 12.3. The summed E-state index contributed by atoms with van der Waals surface area (Å²) >= 11 is 0. The van der Waals surface area contributed by atoms with Crippen molar-refractivity contribution in [1.29, 1.82) is 0 Å². The number of amides is 1. The first-order chi connectivity index (χ1) is 9.27. The second-order valence-electron chi connectivity index (χ2n) is 5.04. The number of nitrogens with one attached hydrogen (secondary N) is 1. The van der Waals surface area contributed by atoms with E-state index in [1.807, 2.05) is 29.2 Å². The SMILES string of the molecule is C=C1c2ccccc2C(=O)N1CCN1CCNCC1. The largest absolute Gasteiger partial charge is 0.314 e. The van der Waals surface area contributed by atoms with Crippen LogP contribution in [-0.4, -0.2) is 55.0 Å². The van der Waals surface area contributed by atoms with Crippen molar-refractivity contribution >= 4 is 11.6 Å². The topological polar surface area (TPSA) is 35.6 Å². The summed E-state index contributed by atoms with van der Waals surface area (Å²) in [6, 6.07) is 7.72. The molecule has 100 valence electrons. The van der Waals surface area contributed by atoms with Crippen molar-refractivity contribution in [3.05, 3.63) is 42.0 Å². The monoisotopic (exact) mass is 257 g/mol. The number of nitrogens with zero attached hydrogens (tertiary/aromatic N) is 2. The molecule has 2 aliphatic heterocycles. The number of hydrogen-bond acceptors (Lipinski definition) is 3. The first-order valence-corrected chi connectivity index (χ1v) is 6.80. The van der Waals surface area contributed by atoms with Gasteiger partial charge < -0.3 is 10.2 Å². The third-order valence-corrected chi connectivity index (χ3v) is 3.89. The molecule has 0 saturated carbocycles. The lowest BCUT2D eigenvalue weighted by Crippen LogP contribution is -2.46. The zero-order chi connectivity index (χ0) is 13.2. The molecule has 0 spiro atoms. The normalized spacial score (nSPS) is 19.9. The summed E-state index contributed by atoms with van der Waals surface area (Å²) in [5, 5.41) is 3.33. The van der Waals surface area contributed by atoms with Crippen molar-refractivity contribution in [2.45, 2.75) is 0 Å². The van der Waals surface area contributed by atoms with Gasteiger partial charge in [0.05, 0.1) is 0 Å². The third-order valence-electron chi connectivity index (χ3n) is 3.89. The minimum atomic E-state index is 0.0933. The fraction of sp³-hybridized carbons (Fsp3) is 0.400. The van der Waals surface area contributed by atoms with E-state index in [9.17, 15) is 4.79 Å². The van der Waals surface area contributed by atoms with Crippen molar-refractivity contribution in [2.24, 2.45) is 0 Å². The van der Waals surface area contributed by atoms with Crippen LogP contribution in [0.25, 0.3) is 5.70 Å². The van der Waals surface area contributed by atoms with E-state index in [0.29, 0.717) is 0 Å². The lowest BCUT2D eigenvalue weighted by molar-refractivity contribution is 0.0835. The predicted molar refractivity (Wildman–Crippen MR) is 75.8 cm³/mol. The van der Waals surface area contributed by atoms with Crippen LogP contribution >= 0.6 is 0 Å². The number of benzene rings is 1. The van der Waals surface area contributed by atoms with E-state index in [1.165, 1.54) is 0 Å². The highest BCUT2D eigenvalue weighted by molar-refractivity contribution is 6.08. The summed E-state index contributed by atoms with van der Waals surface area (Å²) in [6.45, 7) is 9.90. The quantitative estimate of drug-likeness (QED) is 0.878. The summed E-state index contributed by atoms with van der Waals surface area (Å²) < 4.78 is 0. The highest BCUT2D eigenvalue weighted by Gasteiger charge is 2.30. The summed E-state index contributed by atoms with van der Waals surface area (Å²) in [6.07, 6.45) is 0. The Morgan fingerprint density at radius 2 is 1.79 bits per heavy atom. The Bertz CT molecular complexity index is 471. The van der Waals surface area contributed by atoms with E-state index in [4.69, 9.17) is 0 Å². The van der Waals surface area contributed by atoms with E-state index >= 15 is 0 Å². The number of fused-ring (bicyclic) bond motifs is 1. The van der Waals surface area contributed by atoms with Crippen LogP contribution in [0.15, 0.2) is 30.8 Å². The molecule has 0 atom stereocenters. The molecule has 0 unspecified atom stereocenters. The maximum Gasteiger partial charge on any atom is 0.258 e. The second-order valence-corrected chi connectivity index (χ2v) is 5.04. The summed E-state index contributed by atoms with van der Waals surface area (Å²) in [7, 11) is 0. The molecule has 2 heterocycles. The molecule has 1 fully saturated rings. The highest BCUT2D eigenvalue weighted by Crippen LogP contribution is 2.30. The zero-order valence-corrected chi connectivity index (χ0v) is 11.1. The van der Waals surface area contributed by atoms with Crippen molar-refractivity contribution in [2.75, 3.05) is 39.3 Å². The summed E-state index contributed by atoms with van der Waals surface area (Å²) in [5.74, 6) is 0.0933. The molecule has 3 rings (SSSR count). The average Bonchev–Trinajstić information content (AvgIpc) is 2.71. The minimum Gasteiger partial charge on any atom is -0.314 e. The van der Waals surface area contributed by atoms with E-state index in [-0.39, 0.29) is 5.91 Å². The van der Waals surface area contributed by atoms with Crippen LogP contribution in [0.1, 0.15) is 15.9 Å². The van der Waals surface area contributed by atoms with Crippen LogP contribution in [0.4, 0.5) is 0 Å². The van der Waals surface area contributed by atoms with Gasteiger partial charge in [-0.25, -0.2) is 0 Å². The molecular weight excluding hydrogens is 238 g/mol. The fourth-order valence-corrected chi connectivity index (χ4v) is 2.75. The zero-order valence-electron chi connectivity index (χ0n) is 11.1. The first-order valence-electron chi connectivity index (χ1n) is 6.80. The van der Waals surface area contributed by atoms with Gasteiger partial charge in [-0.3, -0.25) is 9.69 Å². The first kappa shape index (κ1) is 12.4. The Kier molecular flexibility index (Phi) is 3.36.